The van der Waals surface area contributed by atoms with E-state index in [2.05, 4.69) is 37.9 Å². The third-order valence-corrected chi connectivity index (χ3v) is 5.43. The lowest BCUT2D eigenvalue weighted by Crippen LogP contribution is -2.52. The molecule has 2 aliphatic rings. The van der Waals surface area contributed by atoms with E-state index in [-0.39, 0.29) is 11.3 Å². The van der Waals surface area contributed by atoms with Crippen LogP contribution in [0.4, 0.5) is 0 Å². The van der Waals surface area contributed by atoms with E-state index in [0.717, 1.165) is 32.5 Å². The van der Waals surface area contributed by atoms with Crippen LogP contribution in [0.5, 0.6) is 0 Å². The molecule has 0 aromatic heterocycles. The molecule has 1 amide bonds. The fraction of sp³-hybridized carbons (Fsp3) is 0.941. The number of nitrogens with one attached hydrogen (secondary N) is 1. The van der Waals surface area contributed by atoms with Gasteiger partial charge in [-0.15, -0.1) is 0 Å². The van der Waals surface area contributed by atoms with Gasteiger partial charge in [-0.1, -0.05) is 34.1 Å². The van der Waals surface area contributed by atoms with Crippen molar-refractivity contribution in [2.45, 2.75) is 65.8 Å². The summed E-state index contributed by atoms with van der Waals surface area (Å²) in [4.78, 5) is 14.9. The van der Waals surface area contributed by atoms with Crippen LogP contribution < -0.4 is 5.32 Å². The Balaban J connectivity index is 1.90. The van der Waals surface area contributed by atoms with Crippen LogP contribution in [0.15, 0.2) is 0 Å². The molecule has 1 aliphatic carbocycles. The van der Waals surface area contributed by atoms with Gasteiger partial charge in [0.15, 0.2) is 0 Å². The van der Waals surface area contributed by atoms with E-state index >= 15 is 0 Å². The highest BCUT2D eigenvalue weighted by Crippen LogP contribution is 2.43. The molecule has 2 rings (SSSR count). The molecule has 1 N–H and O–H groups in total. The van der Waals surface area contributed by atoms with Gasteiger partial charge >= 0.3 is 0 Å². The molecule has 20 heavy (non-hydrogen) atoms. The summed E-state index contributed by atoms with van der Waals surface area (Å²) in [7, 11) is 0. The zero-order valence-electron chi connectivity index (χ0n) is 13.7. The molecule has 1 saturated carbocycles. The zero-order chi connectivity index (χ0) is 14.8. The number of hydrogen-bond donors (Lipinski definition) is 1. The Morgan fingerprint density at radius 3 is 2.65 bits per heavy atom. The highest BCUT2D eigenvalue weighted by Gasteiger charge is 2.42. The molecule has 1 saturated heterocycles. The van der Waals surface area contributed by atoms with Crippen molar-refractivity contribution in [2.24, 2.45) is 17.3 Å². The Hall–Kier alpha value is -0.570. The van der Waals surface area contributed by atoms with Gasteiger partial charge in [-0.2, -0.15) is 0 Å². The predicted octanol–water partition coefficient (Wildman–Crippen LogP) is 3.05. The maximum Gasteiger partial charge on any atom is 0.226 e. The standard InChI is InChI=1S/C17H32N2O/c1-5-10-18-15-8-11-19(12-13(15)2)16(20)14-7-6-9-17(14,3)4/h13-15,18H,5-12H2,1-4H3. The Labute approximate surface area is 124 Å². The molecule has 0 aromatic rings. The molecule has 2 fully saturated rings. The second-order valence-electron chi connectivity index (χ2n) is 7.54. The monoisotopic (exact) mass is 280 g/mol. The molecule has 0 aromatic carbocycles. The average molecular weight is 280 g/mol. The second-order valence-corrected chi connectivity index (χ2v) is 7.54. The largest absolute Gasteiger partial charge is 0.342 e. The summed E-state index contributed by atoms with van der Waals surface area (Å²) in [6, 6.07) is 0.593. The minimum absolute atomic E-state index is 0.206. The van der Waals surface area contributed by atoms with Crippen LogP contribution >= 0.6 is 0 Å². The van der Waals surface area contributed by atoms with E-state index in [1.165, 1.54) is 19.3 Å². The predicted molar refractivity (Wildman–Crippen MR) is 83.6 cm³/mol. The van der Waals surface area contributed by atoms with Crippen molar-refractivity contribution in [1.29, 1.82) is 0 Å². The van der Waals surface area contributed by atoms with Crippen molar-refractivity contribution in [3.05, 3.63) is 0 Å². The smallest absolute Gasteiger partial charge is 0.226 e. The van der Waals surface area contributed by atoms with Crippen LogP contribution in [-0.2, 0) is 4.79 Å². The van der Waals surface area contributed by atoms with E-state index in [1.54, 1.807) is 0 Å². The van der Waals surface area contributed by atoms with Gasteiger partial charge < -0.3 is 10.2 Å². The molecule has 3 unspecified atom stereocenters. The van der Waals surface area contributed by atoms with Crippen LogP contribution in [-0.4, -0.2) is 36.5 Å². The van der Waals surface area contributed by atoms with Gasteiger partial charge in [-0.05, 0) is 43.6 Å². The lowest BCUT2D eigenvalue weighted by atomic mass is 9.80. The van der Waals surface area contributed by atoms with Gasteiger partial charge in [0.05, 0.1) is 0 Å². The highest BCUT2D eigenvalue weighted by atomic mass is 16.2. The van der Waals surface area contributed by atoms with Gasteiger partial charge in [-0.25, -0.2) is 0 Å². The summed E-state index contributed by atoms with van der Waals surface area (Å²) in [5.74, 6) is 1.26. The lowest BCUT2D eigenvalue weighted by molar-refractivity contribution is -0.140. The Bertz CT molecular complexity index is 340. The lowest BCUT2D eigenvalue weighted by Gasteiger charge is -2.40. The van der Waals surface area contributed by atoms with Gasteiger partial charge in [0.25, 0.3) is 0 Å². The second kappa shape index (κ2) is 6.46. The quantitative estimate of drug-likeness (QED) is 0.858. The van der Waals surface area contributed by atoms with Crippen molar-refractivity contribution in [1.82, 2.24) is 10.2 Å². The van der Waals surface area contributed by atoms with Gasteiger partial charge in [0.1, 0.15) is 0 Å². The van der Waals surface area contributed by atoms with Crippen LogP contribution in [0, 0.1) is 17.3 Å². The summed E-state index contributed by atoms with van der Waals surface area (Å²) >= 11 is 0. The number of carbonyl (C=O) groups is 1. The minimum Gasteiger partial charge on any atom is -0.342 e. The number of rotatable bonds is 4. The van der Waals surface area contributed by atoms with E-state index < -0.39 is 0 Å². The van der Waals surface area contributed by atoms with Crippen molar-refractivity contribution >= 4 is 5.91 Å². The van der Waals surface area contributed by atoms with Gasteiger partial charge in [0.2, 0.25) is 5.91 Å². The summed E-state index contributed by atoms with van der Waals surface area (Å²) in [5, 5.41) is 3.63. The molecule has 0 spiro atoms. The first kappa shape index (κ1) is 15.8. The minimum atomic E-state index is 0.206. The first-order valence-corrected chi connectivity index (χ1v) is 8.48. The van der Waals surface area contributed by atoms with Crippen molar-refractivity contribution < 1.29 is 4.79 Å². The molecular formula is C17H32N2O. The van der Waals surface area contributed by atoms with Crippen molar-refractivity contribution in [2.75, 3.05) is 19.6 Å². The molecule has 0 radical (unpaired) electrons. The summed E-state index contributed by atoms with van der Waals surface area (Å²) in [5.41, 5.74) is 0.206. The number of likely N-dealkylation sites (tertiary alicyclic amines) is 1. The maximum atomic E-state index is 12.8. The van der Waals surface area contributed by atoms with Crippen molar-refractivity contribution in [3.63, 3.8) is 0 Å². The Morgan fingerprint density at radius 2 is 2.10 bits per heavy atom. The molecular weight excluding hydrogens is 248 g/mol. The van der Waals surface area contributed by atoms with Crippen LogP contribution in [0.25, 0.3) is 0 Å². The topological polar surface area (TPSA) is 32.3 Å². The number of hydrogen-bond acceptors (Lipinski definition) is 2. The SMILES string of the molecule is CCCNC1CCN(C(=O)C2CCCC2(C)C)CC1C. The summed E-state index contributed by atoms with van der Waals surface area (Å²) in [6.07, 6.45) is 5.80. The number of amides is 1. The van der Waals surface area contributed by atoms with Gasteiger partial charge in [-0.3, -0.25) is 4.79 Å². The van der Waals surface area contributed by atoms with Crippen molar-refractivity contribution in [3.8, 4) is 0 Å². The number of piperidine rings is 1. The maximum absolute atomic E-state index is 12.8. The third-order valence-electron chi connectivity index (χ3n) is 5.43. The van der Waals surface area contributed by atoms with E-state index in [0.29, 0.717) is 17.9 Å². The summed E-state index contributed by atoms with van der Waals surface area (Å²) in [6.45, 7) is 12.0. The molecule has 1 heterocycles. The molecule has 0 bridgehead atoms. The normalized spacial score (nSPS) is 33.4. The van der Waals surface area contributed by atoms with Crippen LogP contribution in [0.3, 0.4) is 0 Å². The highest BCUT2D eigenvalue weighted by molar-refractivity contribution is 5.80. The molecule has 116 valence electrons. The average Bonchev–Trinajstić information content (AvgIpc) is 2.76. The van der Waals surface area contributed by atoms with E-state index in [4.69, 9.17) is 0 Å². The van der Waals surface area contributed by atoms with Crippen LogP contribution in [0.1, 0.15) is 59.8 Å². The zero-order valence-corrected chi connectivity index (χ0v) is 13.7. The van der Waals surface area contributed by atoms with E-state index in [9.17, 15) is 4.79 Å². The third kappa shape index (κ3) is 3.36. The van der Waals surface area contributed by atoms with Crippen LogP contribution in [0.2, 0.25) is 0 Å². The molecule has 3 nitrogen and oxygen atoms in total. The molecule has 1 aliphatic heterocycles. The molecule has 3 atom stereocenters. The fourth-order valence-electron chi connectivity index (χ4n) is 3.98. The number of carbonyl (C=O) groups excluding carboxylic acids is 1. The van der Waals surface area contributed by atoms with Gasteiger partial charge in [0, 0.05) is 25.0 Å². The number of nitrogens with zero attached hydrogens (tertiary/aromatic N) is 1. The Kier molecular flexibility index (Phi) is 5.11. The van der Waals surface area contributed by atoms with E-state index in [1.807, 2.05) is 0 Å². The first-order valence-electron chi connectivity index (χ1n) is 8.48. The fourth-order valence-corrected chi connectivity index (χ4v) is 3.98. The Morgan fingerprint density at radius 1 is 1.35 bits per heavy atom. The molecule has 3 heteroatoms. The summed E-state index contributed by atoms with van der Waals surface area (Å²) < 4.78 is 0. The first-order chi connectivity index (χ1) is 9.45.